The summed E-state index contributed by atoms with van der Waals surface area (Å²) in [6.45, 7) is 3.59. The molecule has 7 heteroatoms. The molecule has 0 radical (unpaired) electrons. The molecule has 2 aliphatic rings. The smallest absolute Gasteiger partial charge is 0.259 e. The van der Waals surface area contributed by atoms with Crippen molar-refractivity contribution in [2.24, 2.45) is 0 Å². The quantitative estimate of drug-likeness (QED) is 0.386. The van der Waals surface area contributed by atoms with E-state index in [1.165, 1.54) is 10.5 Å². The number of carbonyl (C=O) groups is 1. The van der Waals surface area contributed by atoms with Gasteiger partial charge in [-0.15, -0.1) is 0 Å². The summed E-state index contributed by atoms with van der Waals surface area (Å²) in [6, 6.07) is 18.1. The number of benzene rings is 2. The first-order valence-electron chi connectivity index (χ1n) is 13.2. The van der Waals surface area contributed by atoms with Crippen LogP contribution < -0.4 is 9.47 Å². The van der Waals surface area contributed by atoms with Gasteiger partial charge in [-0.2, -0.15) is 0 Å². The molecule has 2 aromatic carbocycles. The summed E-state index contributed by atoms with van der Waals surface area (Å²) in [6.07, 6.45) is 7.34. The number of pyridine rings is 1. The summed E-state index contributed by atoms with van der Waals surface area (Å²) in [5, 5.41) is 0.794. The minimum atomic E-state index is -0.0821. The molecule has 3 heterocycles. The van der Waals surface area contributed by atoms with Gasteiger partial charge in [-0.1, -0.05) is 35.9 Å². The van der Waals surface area contributed by atoms with Crippen LogP contribution in [0.3, 0.4) is 0 Å². The number of fused-ring (bicyclic) bond motifs is 2. The Labute approximate surface area is 229 Å². The van der Waals surface area contributed by atoms with Gasteiger partial charge in [0.2, 0.25) is 0 Å². The number of piperidine rings is 1. The Kier molecular flexibility index (Phi) is 8.30. The monoisotopic (exact) mass is 531 g/mol. The van der Waals surface area contributed by atoms with Crippen LogP contribution in [0.25, 0.3) is 5.57 Å². The number of hydrogen-bond acceptors (Lipinski definition) is 5. The van der Waals surface area contributed by atoms with E-state index in [4.69, 9.17) is 21.1 Å². The summed E-state index contributed by atoms with van der Waals surface area (Å²) >= 11 is 6.07. The van der Waals surface area contributed by atoms with Gasteiger partial charge in [-0.3, -0.25) is 9.78 Å². The summed E-state index contributed by atoms with van der Waals surface area (Å²) < 4.78 is 11.9. The van der Waals surface area contributed by atoms with E-state index in [9.17, 15) is 4.79 Å². The van der Waals surface area contributed by atoms with E-state index in [0.29, 0.717) is 18.3 Å². The third kappa shape index (κ3) is 6.20. The van der Waals surface area contributed by atoms with Gasteiger partial charge < -0.3 is 19.3 Å². The molecule has 2 aliphatic heterocycles. The third-order valence-electron chi connectivity index (χ3n) is 7.37. The molecule has 1 aromatic heterocycles. The molecule has 6 nitrogen and oxygen atoms in total. The van der Waals surface area contributed by atoms with E-state index in [1.54, 1.807) is 14.1 Å². The highest BCUT2D eigenvalue weighted by atomic mass is 35.5. The van der Waals surface area contributed by atoms with Crippen molar-refractivity contribution in [2.45, 2.75) is 31.8 Å². The molecule has 3 aromatic rings. The molecule has 0 atom stereocenters. The Morgan fingerprint density at radius 2 is 1.92 bits per heavy atom. The molecule has 1 amide bonds. The molecule has 5 rings (SSSR count). The minimum Gasteiger partial charge on any atom is -0.487 e. The molecule has 0 bridgehead atoms. The maximum Gasteiger partial charge on any atom is 0.259 e. The fraction of sp³-hybridized carbons (Fsp3) is 0.355. The van der Waals surface area contributed by atoms with Crippen molar-refractivity contribution in [3.05, 3.63) is 94.3 Å². The number of ether oxygens (including phenoxy) is 2. The third-order valence-corrected chi connectivity index (χ3v) is 7.62. The van der Waals surface area contributed by atoms with Crippen LogP contribution in [-0.2, 0) is 11.4 Å². The Morgan fingerprint density at radius 3 is 2.68 bits per heavy atom. The first-order valence-corrected chi connectivity index (χ1v) is 13.6. The summed E-state index contributed by atoms with van der Waals surface area (Å²) in [7, 11) is 3.45. The molecule has 0 N–H and O–H groups in total. The number of nitrogens with zero attached hydrogens (tertiary/aromatic N) is 3. The lowest BCUT2D eigenvalue weighted by molar-refractivity contribution is -0.130. The van der Waals surface area contributed by atoms with Crippen LogP contribution in [0.15, 0.2) is 66.9 Å². The van der Waals surface area contributed by atoms with Crippen LogP contribution in [0.1, 0.15) is 47.6 Å². The molecule has 0 aliphatic carbocycles. The Bertz CT molecular complexity index is 1300. The molecule has 38 heavy (non-hydrogen) atoms. The number of likely N-dealkylation sites (tertiary alicyclic amines) is 1. The van der Waals surface area contributed by atoms with Gasteiger partial charge in [0, 0.05) is 43.0 Å². The van der Waals surface area contributed by atoms with Crippen LogP contribution in [0, 0.1) is 0 Å². The molecule has 0 spiro atoms. The van der Waals surface area contributed by atoms with Gasteiger partial charge in [-0.25, -0.2) is 0 Å². The molecule has 198 valence electrons. The zero-order chi connectivity index (χ0) is 26.5. The van der Waals surface area contributed by atoms with Crippen LogP contribution in [0.2, 0.25) is 5.02 Å². The number of amides is 1. The van der Waals surface area contributed by atoms with Crippen molar-refractivity contribution in [1.29, 1.82) is 0 Å². The molecule has 0 saturated carbocycles. The molecule has 1 fully saturated rings. The van der Waals surface area contributed by atoms with E-state index in [1.807, 2.05) is 42.6 Å². The van der Waals surface area contributed by atoms with E-state index >= 15 is 0 Å². The van der Waals surface area contributed by atoms with Gasteiger partial charge in [0.15, 0.2) is 6.61 Å². The van der Waals surface area contributed by atoms with Crippen molar-refractivity contribution in [1.82, 2.24) is 14.8 Å². The number of carbonyl (C=O) groups excluding carboxylic acids is 1. The largest absolute Gasteiger partial charge is 0.487 e. The van der Waals surface area contributed by atoms with Crippen LogP contribution in [0.5, 0.6) is 11.5 Å². The fourth-order valence-electron chi connectivity index (χ4n) is 5.14. The topological polar surface area (TPSA) is 54.9 Å². The van der Waals surface area contributed by atoms with Crippen molar-refractivity contribution in [3.8, 4) is 11.5 Å². The second kappa shape index (κ2) is 12.0. The Hall–Kier alpha value is -3.35. The highest BCUT2D eigenvalue weighted by Gasteiger charge is 2.22. The van der Waals surface area contributed by atoms with Crippen LogP contribution in [-0.4, -0.2) is 61.0 Å². The zero-order valence-corrected chi connectivity index (χ0v) is 22.8. The molecular formula is C31H34ClN3O3. The summed E-state index contributed by atoms with van der Waals surface area (Å²) in [4.78, 5) is 20.7. The van der Waals surface area contributed by atoms with Gasteiger partial charge in [-0.05, 0) is 85.8 Å². The summed E-state index contributed by atoms with van der Waals surface area (Å²) in [5.74, 6) is 1.96. The maximum absolute atomic E-state index is 12.0. The predicted molar refractivity (Wildman–Crippen MR) is 151 cm³/mol. The van der Waals surface area contributed by atoms with Crippen LogP contribution in [0.4, 0.5) is 0 Å². The Morgan fingerprint density at radius 1 is 1.13 bits per heavy atom. The highest BCUT2D eigenvalue weighted by molar-refractivity contribution is 6.30. The molecular weight excluding hydrogens is 498 g/mol. The van der Waals surface area contributed by atoms with Gasteiger partial charge >= 0.3 is 0 Å². The first-order chi connectivity index (χ1) is 18.5. The lowest BCUT2D eigenvalue weighted by Gasteiger charge is -2.32. The minimum absolute atomic E-state index is 0.00416. The number of likely N-dealkylation sites (N-methyl/N-ethyl adjacent to an activating group) is 1. The molecule has 1 saturated heterocycles. The number of aromatic nitrogens is 1. The first kappa shape index (κ1) is 26.3. The fourth-order valence-corrected chi connectivity index (χ4v) is 5.26. The van der Waals surface area contributed by atoms with Crippen molar-refractivity contribution < 1.29 is 14.3 Å². The number of rotatable bonds is 7. The van der Waals surface area contributed by atoms with Gasteiger partial charge in [0.05, 0.1) is 5.69 Å². The average molecular weight is 532 g/mol. The maximum atomic E-state index is 12.0. The number of hydrogen-bond donors (Lipinski definition) is 0. The standard InChI is InChI=1S/C31H34ClN3O3/c1-34(2)31(36)21-37-25-11-12-30-28(19-25)26(27-5-3-15-33-29(27)20-38-30)6-4-16-35-17-13-23(14-18-35)22-7-9-24(32)10-8-22/h3,5-12,15,19,23H,4,13-14,16-18,20-21H2,1-2H3. The van der Waals surface area contributed by atoms with Crippen LogP contribution >= 0.6 is 11.6 Å². The summed E-state index contributed by atoms with van der Waals surface area (Å²) in [5.41, 5.74) is 5.45. The lowest BCUT2D eigenvalue weighted by atomic mass is 9.89. The van der Waals surface area contributed by atoms with E-state index in [-0.39, 0.29) is 12.5 Å². The predicted octanol–water partition coefficient (Wildman–Crippen LogP) is 5.80. The van der Waals surface area contributed by atoms with Gasteiger partial charge in [0.1, 0.15) is 18.1 Å². The zero-order valence-electron chi connectivity index (χ0n) is 22.0. The Balaban J connectivity index is 1.30. The molecule has 0 unspecified atom stereocenters. The second-order valence-electron chi connectivity index (χ2n) is 10.1. The van der Waals surface area contributed by atoms with Crippen molar-refractivity contribution >= 4 is 23.1 Å². The number of halogens is 1. The average Bonchev–Trinajstić information content (AvgIpc) is 3.09. The second-order valence-corrected chi connectivity index (χ2v) is 10.5. The van der Waals surface area contributed by atoms with Gasteiger partial charge in [0.25, 0.3) is 5.91 Å². The SMILES string of the molecule is CN(C)C(=O)COc1ccc2c(c1)C(=CCCN1CCC(c3ccc(Cl)cc3)CC1)c1cccnc1CO2. The normalized spacial score (nSPS) is 16.8. The van der Waals surface area contributed by atoms with Crippen molar-refractivity contribution in [2.75, 3.05) is 40.3 Å². The van der Waals surface area contributed by atoms with E-state index in [0.717, 1.165) is 72.1 Å². The highest BCUT2D eigenvalue weighted by Crippen LogP contribution is 2.38. The van der Waals surface area contributed by atoms with Crippen molar-refractivity contribution in [3.63, 3.8) is 0 Å². The van der Waals surface area contributed by atoms with E-state index in [2.05, 4.69) is 34.2 Å². The lowest BCUT2D eigenvalue weighted by Crippen LogP contribution is -2.33. The van der Waals surface area contributed by atoms with E-state index < -0.39 is 0 Å².